The fraction of sp³-hybridized carbons (Fsp3) is 0.250. The van der Waals surface area contributed by atoms with Crippen LogP contribution in [0.15, 0.2) is 39.8 Å². The molecule has 0 spiro atoms. The second kappa shape index (κ2) is 7.71. The number of hydrogen-bond donors (Lipinski definition) is 1. The van der Waals surface area contributed by atoms with Crippen molar-refractivity contribution in [1.82, 2.24) is 13.7 Å². The summed E-state index contributed by atoms with van der Waals surface area (Å²) in [5, 5.41) is 17.6. The summed E-state index contributed by atoms with van der Waals surface area (Å²) in [7, 11) is -3.76. The molecule has 0 unspecified atom stereocenters. The quantitative estimate of drug-likeness (QED) is 0.346. The largest absolute Gasteiger partial charge is 0.295 e. The van der Waals surface area contributed by atoms with Crippen LogP contribution in [-0.2, 0) is 10.0 Å². The molecule has 0 saturated carbocycles. The Kier molecular flexibility index (Phi) is 5.25. The maximum Gasteiger partial charge on any atom is 0.295 e. The number of hydrogen-bond acceptors (Lipinski definition) is 8. The first-order valence-corrected chi connectivity index (χ1v) is 11.3. The van der Waals surface area contributed by atoms with Crippen molar-refractivity contribution < 1.29 is 13.3 Å². The lowest BCUT2D eigenvalue weighted by atomic mass is 10.3. The number of thiazole rings is 1. The lowest BCUT2D eigenvalue weighted by molar-refractivity contribution is -0.384. The fourth-order valence-corrected chi connectivity index (χ4v) is 5.58. The summed E-state index contributed by atoms with van der Waals surface area (Å²) in [6.07, 6.45) is 4.74. The SMILES string of the molecule is O=[N+]([O-])c1cc(S(=O)(=O)N2CCCC2)ccc1NN=Cc1c(Cl)nc2sccn12. The minimum Gasteiger partial charge on any atom is -0.288 e. The van der Waals surface area contributed by atoms with Crippen LogP contribution >= 0.6 is 22.9 Å². The molecule has 13 heteroatoms. The van der Waals surface area contributed by atoms with Crippen molar-refractivity contribution in [3.63, 3.8) is 0 Å². The number of benzene rings is 1. The van der Waals surface area contributed by atoms with E-state index < -0.39 is 14.9 Å². The number of nitrogens with zero attached hydrogens (tertiary/aromatic N) is 5. The van der Waals surface area contributed by atoms with E-state index in [1.165, 1.54) is 34.0 Å². The molecule has 3 heterocycles. The number of aromatic nitrogens is 2. The van der Waals surface area contributed by atoms with Gasteiger partial charge in [0, 0.05) is 30.7 Å². The second-order valence-electron chi connectivity index (χ2n) is 6.26. The maximum absolute atomic E-state index is 12.7. The van der Waals surface area contributed by atoms with Crippen LogP contribution in [-0.4, -0.2) is 46.3 Å². The highest BCUT2D eigenvalue weighted by Crippen LogP contribution is 2.30. The van der Waals surface area contributed by atoms with E-state index in [1.54, 1.807) is 10.6 Å². The summed E-state index contributed by atoms with van der Waals surface area (Å²) >= 11 is 7.49. The van der Waals surface area contributed by atoms with Gasteiger partial charge < -0.3 is 0 Å². The molecule has 1 fully saturated rings. The highest BCUT2D eigenvalue weighted by Gasteiger charge is 2.29. The molecule has 1 N–H and O–H groups in total. The van der Waals surface area contributed by atoms with Crippen molar-refractivity contribution >= 4 is 55.5 Å². The smallest absolute Gasteiger partial charge is 0.288 e. The van der Waals surface area contributed by atoms with Crippen molar-refractivity contribution in [1.29, 1.82) is 0 Å². The average Bonchev–Trinajstić information content (AvgIpc) is 3.41. The second-order valence-corrected chi connectivity index (χ2v) is 9.43. The molecule has 3 aromatic rings. The predicted octanol–water partition coefficient (Wildman–Crippen LogP) is 3.19. The van der Waals surface area contributed by atoms with Crippen LogP contribution < -0.4 is 5.43 Å². The zero-order valence-electron chi connectivity index (χ0n) is 14.9. The van der Waals surface area contributed by atoms with Gasteiger partial charge >= 0.3 is 0 Å². The first kappa shape index (κ1) is 19.8. The molecule has 29 heavy (non-hydrogen) atoms. The third-order valence-electron chi connectivity index (χ3n) is 4.49. The minimum atomic E-state index is -3.76. The lowest BCUT2D eigenvalue weighted by Crippen LogP contribution is -2.27. The standard InChI is InChI=1S/C16H15ClN6O4S2/c17-15-14(22-7-8-28-16(22)19-15)10-18-20-12-4-3-11(9-13(12)23(24)25)29(26,27)21-5-1-2-6-21/h3-4,7-10,20H,1-2,5-6H2. The number of halogens is 1. The van der Waals surface area contributed by atoms with Crippen LogP contribution in [0.2, 0.25) is 5.15 Å². The molecule has 1 aromatic carbocycles. The summed E-state index contributed by atoms with van der Waals surface area (Å²) in [5.41, 5.74) is 2.79. The van der Waals surface area contributed by atoms with Crippen LogP contribution in [0.25, 0.3) is 4.96 Å². The van der Waals surface area contributed by atoms with Gasteiger partial charge in [-0.2, -0.15) is 9.41 Å². The van der Waals surface area contributed by atoms with E-state index >= 15 is 0 Å². The lowest BCUT2D eigenvalue weighted by Gasteiger charge is -2.15. The van der Waals surface area contributed by atoms with E-state index in [0.717, 1.165) is 18.9 Å². The molecule has 0 bridgehead atoms. The number of rotatable bonds is 6. The average molecular weight is 455 g/mol. The van der Waals surface area contributed by atoms with Gasteiger partial charge in [0.2, 0.25) is 10.0 Å². The van der Waals surface area contributed by atoms with E-state index in [-0.39, 0.29) is 21.4 Å². The predicted molar refractivity (Wildman–Crippen MR) is 110 cm³/mol. The van der Waals surface area contributed by atoms with Gasteiger partial charge in [0.15, 0.2) is 10.1 Å². The number of nitrogens with one attached hydrogen (secondary N) is 1. The van der Waals surface area contributed by atoms with Gasteiger partial charge in [0.1, 0.15) is 11.4 Å². The van der Waals surface area contributed by atoms with E-state index in [4.69, 9.17) is 11.6 Å². The van der Waals surface area contributed by atoms with Gasteiger partial charge in [0.25, 0.3) is 5.69 Å². The first-order chi connectivity index (χ1) is 13.9. The van der Waals surface area contributed by atoms with Crippen molar-refractivity contribution in [3.05, 3.63) is 50.7 Å². The monoisotopic (exact) mass is 454 g/mol. The molecule has 0 radical (unpaired) electrons. The zero-order valence-corrected chi connectivity index (χ0v) is 17.2. The number of fused-ring (bicyclic) bond motifs is 1. The molecular weight excluding hydrogens is 440 g/mol. The van der Waals surface area contributed by atoms with Crippen LogP contribution in [0.3, 0.4) is 0 Å². The van der Waals surface area contributed by atoms with Gasteiger partial charge in [-0.05, 0) is 25.0 Å². The summed E-state index contributed by atoms with van der Waals surface area (Å²) in [6, 6.07) is 3.71. The Hall–Kier alpha value is -2.54. The van der Waals surface area contributed by atoms with Gasteiger partial charge in [-0.1, -0.05) is 11.6 Å². The van der Waals surface area contributed by atoms with Crippen molar-refractivity contribution in [2.45, 2.75) is 17.7 Å². The highest BCUT2D eigenvalue weighted by molar-refractivity contribution is 7.89. The number of imidazole rings is 1. The number of nitro benzene ring substituents is 1. The molecule has 4 rings (SSSR count). The number of sulfonamides is 1. The third kappa shape index (κ3) is 3.71. The maximum atomic E-state index is 12.7. The van der Waals surface area contributed by atoms with Crippen LogP contribution in [0.5, 0.6) is 0 Å². The van der Waals surface area contributed by atoms with E-state index in [1.807, 2.05) is 5.38 Å². The summed E-state index contributed by atoms with van der Waals surface area (Å²) < 4.78 is 28.4. The molecule has 10 nitrogen and oxygen atoms in total. The van der Waals surface area contributed by atoms with E-state index in [2.05, 4.69) is 15.5 Å². The van der Waals surface area contributed by atoms with Crippen molar-refractivity contribution in [3.8, 4) is 0 Å². The Labute approximate surface area is 174 Å². The van der Waals surface area contributed by atoms with Crippen molar-refractivity contribution in [2.24, 2.45) is 5.10 Å². The summed E-state index contributed by atoms with van der Waals surface area (Å²) in [4.78, 5) is 15.6. The molecule has 0 aliphatic carbocycles. The number of hydrazone groups is 1. The fourth-order valence-electron chi connectivity index (χ4n) is 3.05. The Bertz CT molecular complexity index is 1210. The Morgan fingerprint density at radius 1 is 1.34 bits per heavy atom. The van der Waals surface area contributed by atoms with E-state index in [0.29, 0.717) is 23.7 Å². The van der Waals surface area contributed by atoms with E-state index in [9.17, 15) is 18.5 Å². The molecule has 1 aliphatic rings. The van der Waals surface area contributed by atoms with Crippen molar-refractivity contribution in [2.75, 3.05) is 18.5 Å². The molecule has 1 saturated heterocycles. The molecule has 0 amide bonds. The summed E-state index contributed by atoms with van der Waals surface area (Å²) in [6.45, 7) is 0.840. The van der Waals surface area contributed by atoms with Crippen LogP contribution in [0.1, 0.15) is 18.5 Å². The van der Waals surface area contributed by atoms with Gasteiger partial charge in [-0.15, -0.1) is 11.3 Å². The summed E-state index contributed by atoms with van der Waals surface area (Å²) in [5.74, 6) is 0. The molecular formula is C16H15ClN6O4S2. The Balaban J connectivity index is 1.61. The molecule has 0 atom stereocenters. The molecule has 2 aromatic heterocycles. The number of nitro groups is 1. The minimum absolute atomic E-state index is 0.0637. The highest BCUT2D eigenvalue weighted by atomic mass is 35.5. The zero-order chi connectivity index (χ0) is 20.6. The normalized spacial score (nSPS) is 15.5. The number of anilines is 1. The topological polar surface area (TPSA) is 122 Å². The Morgan fingerprint density at radius 2 is 2.10 bits per heavy atom. The first-order valence-electron chi connectivity index (χ1n) is 8.56. The van der Waals surface area contributed by atoms with Gasteiger partial charge in [0.05, 0.1) is 16.0 Å². The van der Waals surface area contributed by atoms with Gasteiger partial charge in [-0.3, -0.25) is 19.9 Å². The molecule has 152 valence electrons. The van der Waals surface area contributed by atoms with Gasteiger partial charge in [-0.25, -0.2) is 13.4 Å². The van der Waals surface area contributed by atoms with Crippen LogP contribution in [0, 0.1) is 10.1 Å². The third-order valence-corrected chi connectivity index (χ3v) is 7.42. The Morgan fingerprint density at radius 3 is 2.83 bits per heavy atom. The van der Waals surface area contributed by atoms with Crippen LogP contribution in [0.4, 0.5) is 11.4 Å². The molecule has 1 aliphatic heterocycles.